The van der Waals surface area contributed by atoms with Gasteiger partial charge in [-0.25, -0.2) is 0 Å². The van der Waals surface area contributed by atoms with E-state index in [2.05, 4.69) is 15.1 Å². The minimum absolute atomic E-state index is 0.0447. The van der Waals surface area contributed by atoms with Crippen molar-refractivity contribution < 1.29 is 14.3 Å². The number of hydrogen-bond acceptors (Lipinski definition) is 5. The predicted molar refractivity (Wildman–Crippen MR) is 94.2 cm³/mol. The first-order valence-corrected chi connectivity index (χ1v) is 8.40. The Morgan fingerprint density at radius 2 is 2.29 bits per heavy atom. The van der Waals surface area contributed by atoms with Gasteiger partial charge in [0.05, 0.1) is 25.9 Å². The molecule has 1 N–H and O–H groups in total. The van der Waals surface area contributed by atoms with Crippen LogP contribution >= 0.6 is 0 Å². The molecule has 1 aromatic carbocycles. The monoisotopic (exact) mass is 335 g/mol. The molecule has 1 amide bonds. The summed E-state index contributed by atoms with van der Waals surface area (Å²) in [6.07, 6.45) is 0.155. The van der Waals surface area contributed by atoms with E-state index in [0.29, 0.717) is 13.2 Å². The van der Waals surface area contributed by atoms with Gasteiger partial charge in [0.25, 0.3) is 0 Å². The Morgan fingerprint density at radius 3 is 3.00 bits per heavy atom. The Hall–Kier alpha value is -1.63. The Bertz CT molecular complexity index is 536. The predicted octanol–water partition coefficient (Wildman–Crippen LogP) is 0.962. The van der Waals surface area contributed by atoms with Crippen molar-refractivity contribution in [2.75, 3.05) is 47.4 Å². The number of carbonyl (C=O) groups excluding carboxylic acids is 1. The van der Waals surface area contributed by atoms with Crippen molar-refractivity contribution in [2.24, 2.45) is 0 Å². The number of benzene rings is 1. The van der Waals surface area contributed by atoms with Gasteiger partial charge in [0.1, 0.15) is 5.75 Å². The van der Waals surface area contributed by atoms with Gasteiger partial charge in [-0.15, -0.1) is 0 Å². The Balaban J connectivity index is 1.84. The molecular formula is C18H29N3O3. The van der Waals surface area contributed by atoms with Gasteiger partial charge in [-0.05, 0) is 38.7 Å². The molecule has 1 saturated heterocycles. The molecule has 2 atom stereocenters. The van der Waals surface area contributed by atoms with E-state index in [1.165, 1.54) is 0 Å². The molecule has 1 aliphatic heterocycles. The van der Waals surface area contributed by atoms with Crippen molar-refractivity contribution in [1.82, 2.24) is 15.1 Å². The van der Waals surface area contributed by atoms with Crippen molar-refractivity contribution in [3.05, 3.63) is 29.8 Å². The number of likely N-dealkylation sites (N-methyl/N-ethyl adjacent to an activating group) is 1. The smallest absolute Gasteiger partial charge is 0.237 e. The summed E-state index contributed by atoms with van der Waals surface area (Å²) in [5, 5.41) is 3.02. The van der Waals surface area contributed by atoms with Crippen LogP contribution in [0.5, 0.6) is 5.75 Å². The maximum absolute atomic E-state index is 12.5. The molecular weight excluding hydrogens is 306 g/mol. The molecule has 0 spiro atoms. The van der Waals surface area contributed by atoms with E-state index < -0.39 is 0 Å². The Kier molecular flexibility index (Phi) is 7.02. The van der Waals surface area contributed by atoms with Crippen LogP contribution in [0.4, 0.5) is 0 Å². The first-order chi connectivity index (χ1) is 11.5. The average molecular weight is 335 g/mol. The number of carbonyl (C=O) groups is 1. The molecule has 6 heteroatoms. The Morgan fingerprint density at radius 1 is 1.50 bits per heavy atom. The van der Waals surface area contributed by atoms with Gasteiger partial charge in [0.15, 0.2) is 0 Å². The van der Waals surface area contributed by atoms with Crippen molar-refractivity contribution in [3.63, 3.8) is 0 Å². The molecule has 24 heavy (non-hydrogen) atoms. The van der Waals surface area contributed by atoms with Crippen molar-refractivity contribution >= 4 is 5.91 Å². The minimum atomic E-state index is -0.163. The van der Waals surface area contributed by atoms with Crippen LogP contribution in [0.2, 0.25) is 0 Å². The molecule has 6 nitrogen and oxygen atoms in total. The second kappa shape index (κ2) is 9.01. The van der Waals surface area contributed by atoms with Crippen LogP contribution in [0, 0.1) is 0 Å². The number of amides is 1. The molecule has 1 heterocycles. The minimum Gasteiger partial charge on any atom is -0.497 e. The normalized spacial score (nSPS) is 20.0. The Labute approximate surface area is 144 Å². The van der Waals surface area contributed by atoms with E-state index in [0.717, 1.165) is 30.9 Å². The first kappa shape index (κ1) is 18.7. The fraction of sp³-hybridized carbons (Fsp3) is 0.611. The third kappa shape index (κ3) is 5.47. The number of nitrogens with one attached hydrogen (secondary N) is 1. The van der Waals surface area contributed by atoms with Gasteiger partial charge in [-0.3, -0.25) is 9.69 Å². The second-order valence-corrected chi connectivity index (χ2v) is 6.50. The number of hydrogen-bond donors (Lipinski definition) is 1. The number of methoxy groups -OCH3 is 1. The highest BCUT2D eigenvalue weighted by Gasteiger charge is 2.27. The van der Waals surface area contributed by atoms with E-state index in [9.17, 15) is 4.79 Å². The van der Waals surface area contributed by atoms with Crippen molar-refractivity contribution in [3.8, 4) is 5.75 Å². The molecule has 0 unspecified atom stereocenters. The summed E-state index contributed by atoms with van der Waals surface area (Å²) in [5.74, 6) is 0.845. The van der Waals surface area contributed by atoms with Crippen molar-refractivity contribution in [1.29, 1.82) is 0 Å². The molecule has 0 aromatic heterocycles. The van der Waals surface area contributed by atoms with E-state index in [1.54, 1.807) is 7.11 Å². The fourth-order valence-corrected chi connectivity index (χ4v) is 2.90. The third-order valence-corrected chi connectivity index (χ3v) is 4.27. The quantitative estimate of drug-likeness (QED) is 0.804. The van der Waals surface area contributed by atoms with Gasteiger partial charge >= 0.3 is 0 Å². The van der Waals surface area contributed by atoms with Crippen LogP contribution in [0.25, 0.3) is 0 Å². The zero-order valence-corrected chi connectivity index (χ0v) is 15.1. The lowest BCUT2D eigenvalue weighted by atomic mass is 10.1. The average Bonchev–Trinajstić information content (AvgIpc) is 2.58. The van der Waals surface area contributed by atoms with Gasteiger partial charge < -0.3 is 19.7 Å². The summed E-state index contributed by atoms with van der Waals surface area (Å²) in [5.41, 5.74) is 1.03. The van der Waals surface area contributed by atoms with Gasteiger partial charge in [-0.1, -0.05) is 12.1 Å². The third-order valence-electron chi connectivity index (χ3n) is 4.27. The lowest BCUT2D eigenvalue weighted by Crippen LogP contribution is -2.53. The van der Waals surface area contributed by atoms with E-state index in [1.807, 2.05) is 45.3 Å². The zero-order chi connectivity index (χ0) is 17.5. The van der Waals surface area contributed by atoms with Crippen molar-refractivity contribution in [2.45, 2.75) is 25.6 Å². The highest BCUT2D eigenvalue weighted by Crippen LogP contribution is 2.13. The molecule has 1 aromatic rings. The molecule has 0 saturated carbocycles. The summed E-state index contributed by atoms with van der Waals surface area (Å²) in [7, 11) is 5.71. The number of ether oxygens (including phenoxy) is 2. The number of morpholine rings is 1. The molecule has 134 valence electrons. The van der Waals surface area contributed by atoms with E-state index >= 15 is 0 Å². The van der Waals surface area contributed by atoms with Crippen LogP contribution < -0.4 is 10.1 Å². The molecule has 0 aliphatic carbocycles. The van der Waals surface area contributed by atoms with Crippen LogP contribution in [0.3, 0.4) is 0 Å². The molecule has 2 rings (SSSR count). The first-order valence-electron chi connectivity index (χ1n) is 8.40. The number of rotatable bonds is 7. The highest BCUT2D eigenvalue weighted by atomic mass is 16.5. The maximum atomic E-state index is 12.5. The van der Waals surface area contributed by atoms with Crippen LogP contribution in [-0.2, 0) is 16.1 Å². The van der Waals surface area contributed by atoms with Gasteiger partial charge in [-0.2, -0.15) is 0 Å². The molecule has 0 bridgehead atoms. The zero-order valence-electron chi connectivity index (χ0n) is 15.1. The summed E-state index contributed by atoms with van der Waals surface area (Å²) >= 11 is 0. The topological polar surface area (TPSA) is 54.0 Å². The largest absolute Gasteiger partial charge is 0.497 e. The lowest BCUT2D eigenvalue weighted by molar-refractivity contribution is -0.129. The molecule has 1 fully saturated rings. The highest BCUT2D eigenvalue weighted by molar-refractivity contribution is 5.81. The van der Waals surface area contributed by atoms with Crippen LogP contribution in [0.1, 0.15) is 12.5 Å². The van der Waals surface area contributed by atoms with E-state index in [4.69, 9.17) is 9.47 Å². The summed E-state index contributed by atoms with van der Waals surface area (Å²) in [6, 6.07) is 7.58. The lowest BCUT2D eigenvalue weighted by Gasteiger charge is -2.37. The van der Waals surface area contributed by atoms with Gasteiger partial charge in [0.2, 0.25) is 5.91 Å². The summed E-state index contributed by atoms with van der Waals surface area (Å²) in [6.45, 7) is 5.58. The second-order valence-electron chi connectivity index (χ2n) is 6.50. The van der Waals surface area contributed by atoms with Crippen LogP contribution in [-0.4, -0.2) is 75.3 Å². The standard InChI is InChI=1S/C18H29N3O3/c1-14(21-8-9-24-17(13-21)12-20(2)3)18(22)19-11-15-6-5-7-16(10-15)23-4/h5-7,10,14,17H,8-9,11-13H2,1-4H3,(H,19,22)/t14-,17-/m1/s1. The summed E-state index contributed by atoms with van der Waals surface area (Å²) < 4.78 is 11.0. The number of nitrogens with zero attached hydrogens (tertiary/aromatic N) is 2. The molecule has 0 radical (unpaired) electrons. The SMILES string of the molecule is COc1cccc(CNC(=O)[C@@H](C)N2CCO[C@H](CN(C)C)C2)c1. The van der Waals surface area contributed by atoms with Gasteiger partial charge in [0, 0.05) is 26.2 Å². The van der Waals surface area contributed by atoms with E-state index in [-0.39, 0.29) is 18.1 Å². The maximum Gasteiger partial charge on any atom is 0.237 e. The molecule has 1 aliphatic rings. The summed E-state index contributed by atoms with van der Waals surface area (Å²) in [4.78, 5) is 16.8. The fourth-order valence-electron chi connectivity index (χ4n) is 2.90. The van der Waals surface area contributed by atoms with Crippen LogP contribution in [0.15, 0.2) is 24.3 Å².